The van der Waals surface area contributed by atoms with E-state index in [4.69, 9.17) is 4.74 Å². The molecule has 0 aromatic heterocycles. The van der Waals surface area contributed by atoms with Gasteiger partial charge >= 0.3 is 6.09 Å². The number of ketones is 1. The summed E-state index contributed by atoms with van der Waals surface area (Å²) in [5.74, 6) is 0.0867. The Bertz CT molecular complexity index is 2300. The van der Waals surface area contributed by atoms with Gasteiger partial charge in [-0.05, 0) is 165 Å². The Balaban J connectivity index is 0.972. The van der Waals surface area contributed by atoms with Crippen molar-refractivity contribution in [3.8, 4) is 5.75 Å². The second kappa shape index (κ2) is 12.8. The summed E-state index contributed by atoms with van der Waals surface area (Å²) in [6.07, 6.45) is 17.4. The number of benzene rings is 3. The number of allylic oxidation sites excluding steroid dienone is 4. The molecule has 8 heteroatoms. The minimum Gasteiger partial charge on any atom is -0.410 e. The molecular formula is C51H57F2NO5. The lowest BCUT2D eigenvalue weighted by molar-refractivity contribution is -0.176. The van der Waals surface area contributed by atoms with Gasteiger partial charge < -0.3 is 19.8 Å². The van der Waals surface area contributed by atoms with Gasteiger partial charge in [0.05, 0.1) is 18.2 Å². The number of hydrogen-bond acceptors (Lipinski definition) is 5. The lowest BCUT2D eigenvalue weighted by atomic mass is 9.32. The van der Waals surface area contributed by atoms with Gasteiger partial charge in [-0.2, -0.15) is 0 Å². The third kappa shape index (κ3) is 5.39. The van der Waals surface area contributed by atoms with Gasteiger partial charge in [0.25, 0.3) is 0 Å². The highest BCUT2D eigenvalue weighted by Gasteiger charge is 2.74. The topological polar surface area (TPSA) is 87.1 Å². The first kappa shape index (κ1) is 38.1. The molecule has 2 spiro atoms. The van der Waals surface area contributed by atoms with E-state index in [2.05, 4.69) is 32.1 Å². The molecule has 6 bridgehead atoms. The highest BCUT2D eigenvalue weighted by Crippen LogP contribution is 2.78. The van der Waals surface area contributed by atoms with Crippen molar-refractivity contribution in [1.29, 1.82) is 0 Å². The number of rotatable bonds is 7. The summed E-state index contributed by atoms with van der Waals surface area (Å²) in [5, 5.41) is 26.6. The van der Waals surface area contributed by atoms with E-state index in [9.17, 15) is 28.6 Å². The van der Waals surface area contributed by atoms with Crippen molar-refractivity contribution in [3.05, 3.63) is 102 Å². The van der Waals surface area contributed by atoms with Gasteiger partial charge in [0.2, 0.25) is 0 Å². The molecule has 59 heavy (non-hydrogen) atoms. The molecule has 6 nitrogen and oxygen atoms in total. The van der Waals surface area contributed by atoms with E-state index < -0.39 is 45.7 Å². The summed E-state index contributed by atoms with van der Waals surface area (Å²) in [5.41, 5.74) is -2.82. The number of fused-ring (bicyclic) bond motifs is 2. The molecule has 2 N–H and O–H groups in total. The summed E-state index contributed by atoms with van der Waals surface area (Å²) in [6, 6.07) is 17.2. The van der Waals surface area contributed by atoms with E-state index in [-0.39, 0.29) is 40.6 Å². The van der Waals surface area contributed by atoms with E-state index in [0.717, 1.165) is 61.4 Å². The van der Waals surface area contributed by atoms with Crippen LogP contribution in [0.25, 0.3) is 10.8 Å². The van der Waals surface area contributed by atoms with Gasteiger partial charge in [-0.15, -0.1) is 0 Å². The Morgan fingerprint density at radius 1 is 0.763 bits per heavy atom. The minimum atomic E-state index is -1.28. The quantitative estimate of drug-likeness (QED) is 0.184. The van der Waals surface area contributed by atoms with Crippen molar-refractivity contribution < 1.29 is 33.3 Å². The fourth-order valence-corrected chi connectivity index (χ4v) is 16.2. The Morgan fingerprint density at radius 2 is 1.44 bits per heavy atom. The van der Waals surface area contributed by atoms with Gasteiger partial charge in [0, 0.05) is 33.9 Å². The zero-order valence-electron chi connectivity index (χ0n) is 34.4. The molecule has 13 rings (SSSR count). The van der Waals surface area contributed by atoms with Crippen LogP contribution < -0.4 is 4.74 Å². The van der Waals surface area contributed by atoms with E-state index in [1.54, 1.807) is 0 Å². The largest absolute Gasteiger partial charge is 0.415 e. The molecule has 0 saturated heterocycles. The van der Waals surface area contributed by atoms with Gasteiger partial charge in [0.1, 0.15) is 5.75 Å². The molecule has 0 heterocycles. The number of halogens is 2. The summed E-state index contributed by atoms with van der Waals surface area (Å²) >= 11 is 0. The molecule has 3 aromatic carbocycles. The highest BCUT2D eigenvalue weighted by atomic mass is 19.2. The Morgan fingerprint density at radius 3 is 2.17 bits per heavy atom. The first-order valence-electron chi connectivity index (χ1n) is 22.5. The smallest absolute Gasteiger partial charge is 0.410 e. The Labute approximate surface area is 346 Å². The normalized spacial score (nSPS) is 42.2. The van der Waals surface area contributed by atoms with E-state index in [0.29, 0.717) is 61.3 Å². The number of nitrogens with zero attached hydrogens (tertiary/aromatic N) is 1. The molecule has 3 aromatic rings. The Hall–Kier alpha value is -3.88. The average molecular weight is 802 g/mol. The minimum absolute atomic E-state index is 0.00841. The predicted octanol–water partition coefficient (Wildman–Crippen LogP) is 10.6. The monoisotopic (exact) mass is 801 g/mol. The maximum absolute atomic E-state index is 14.9. The van der Waals surface area contributed by atoms with Crippen LogP contribution in [-0.4, -0.2) is 51.8 Å². The standard InChI is InChI=1S/C51H57F2NO5/c1-46-14-11-37(55)27-49(46)17-18-51(39(28-49)44(56)36-8-10-40(52)41(53)23-36)42(46)12-15-47(2)43(51)13-16-50(47,58)30-54(29-48-24-31-19-32(25-48)21-33(20-31)26-48)45(57)59-38-9-7-34-5-3-4-6-35(34)22-38/h3-10,17-18,22-23,28,31-33,37,42-43,55,58H,11-16,19-21,24-27,29-30H2,1-2H3. The van der Waals surface area contributed by atoms with Gasteiger partial charge in [0.15, 0.2) is 17.4 Å². The predicted molar refractivity (Wildman–Crippen MR) is 221 cm³/mol. The van der Waals surface area contributed by atoms with Crippen LogP contribution in [0.3, 0.4) is 0 Å². The summed E-state index contributed by atoms with van der Waals surface area (Å²) in [4.78, 5) is 31.5. The molecular weight excluding hydrogens is 745 g/mol. The SMILES string of the molecule is CC12CCC(O)CC13C=CC1(C(C(=O)c4ccc(F)c(F)c4)=C3)C2CCC2(C)C1CCC2(O)CN(CC12CC3CC(CC(C3)C1)C2)C(=O)Oc1ccc2ccccc2c1. The maximum Gasteiger partial charge on any atom is 0.415 e. The van der Waals surface area contributed by atoms with Crippen LogP contribution in [0.5, 0.6) is 5.75 Å². The fraction of sp³-hybridized carbons (Fsp3) is 0.569. The second-order valence-corrected chi connectivity index (χ2v) is 21.4. The molecule has 0 radical (unpaired) electrons. The zero-order valence-corrected chi connectivity index (χ0v) is 34.4. The number of ether oxygens (including phenoxy) is 1. The molecule has 8 atom stereocenters. The number of hydrogen-bond donors (Lipinski definition) is 2. The van der Waals surface area contributed by atoms with Crippen LogP contribution in [0, 0.1) is 68.3 Å². The van der Waals surface area contributed by atoms with Gasteiger partial charge in [-0.25, -0.2) is 13.6 Å². The molecule has 7 fully saturated rings. The summed E-state index contributed by atoms with van der Waals surface area (Å²) < 4.78 is 35.3. The van der Waals surface area contributed by atoms with Crippen molar-refractivity contribution in [1.82, 2.24) is 4.90 Å². The van der Waals surface area contributed by atoms with Crippen LogP contribution in [0.4, 0.5) is 13.6 Å². The first-order chi connectivity index (χ1) is 28.2. The van der Waals surface area contributed by atoms with Crippen molar-refractivity contribution in [3.63, 3.8) is 0 Å². The zero-order chi connectivity index (χ0) is 40.7. The third-order valence-electron chi connectivity index (χ3n) is 18.5. The van der Waals surface area contributed by atoms with Crippen molar-refractivity contribution in [2.75, 3.05) is 13.1 Å². The van der Waals surface area contributed by atoms with Gasteiger partial charge in [-0.1, -0.05) is 62.4 Å². The second-order valence-electron chi connectivity index (χ2n) is 21.4. The van der Waals surface area contributed by atoms with Crippen molar-refractivity contribution >= 4 is 22.6 Å². The van der Waals surface area contributed by atoms with Crippen LogP contribution in [0.1, 0.15) is 108 Å². The summed E-state index contributed by atoms with van der Waals surface area (Å²) in [7, 11) is 0. The van der Waals surface area contributed by atoms with Crippen LogP contribution >= 0.6 is 0 Å². The number of aliphatic hydroxyl groups is 2. The molecule has 10 aliphatic carbocycles. The lowest BCUT2D eigenvalue weighted by Crippen LogP contribution is -2.67. The molecule has 10 aliphatic rings. The molecule has 8 unspecified atom stereocenters. The third-order valence-corrected chi connectivity index (χ3v) is 18.5. The molecule has 7 saturated carbocycles. The van der Waals surface area contributed by atoms with Crippen molar-refractivity contribution in [2.24, 2.45) is 56.7 Å². The van der Waals surface area contributed by atoms with Crippen molar-refractivity contribution in [2.45, 2.75) is 109 Å². The molecule has 310 valence electrons. The maximum atomic E-state index is 14.9. The van der Waals surface area contributed by atoms with Gasteiger partial charge in [-0.3, -0.25) is 4.79 Å². The summed E-state index contributed by atoms with van der Waals surface area (Å²) in [6.45, 7) is 5.21. The number of amides is 1. The lowest BCUT2D eigenvalue weighted by Gasteiger charge is -2.71. The van der Waals surface area contributed by atoms with Crippen LogP contribution in [-0.2, 0) is 0 Å². The highest BCUT2D eigenvalue weighted by molar-refractivity contribution is 6.10. The molecule has 0 aliphatic heterocycles. The first-order valence-corrected chi connectivity index (χ1v) is 22.5. The Kier molecular flexibility index (Phi) is 8.28. The number of aliphatic hydroxyl groups excluding tert-OH is 1. The van der Waals surface area contributed by atoms with Crippen LogP contribution in [0.2, 0.25) is 0 Å². The van der Waals surface area contributed by atoms with E-state index >= 15 is 0 Å². The molecule has 1 amide bonds. The van der Waals surface area contributed by atoms with Crippen LogP contribution in [0.15, 0.2) is 84.5 Å². The fourth-order valence-electron chi connectivity index (χ4n) is 16.2. The number of carbonyl (C=O) groups excluding carboxylic acids is 2. The van der Waals surface area contributed by atoms with E-state index in [1.807, 2.05) is 47.4 Å². The number of carbonyl (C=O) groups is 2. The number of Topliss-reactive ketones (excluding diaryl/α,β-unsaturated/α-hetero) is 1. The average Bonchev–Trinajstić information content (AvgIpc) is 3.47. The van der Waals surface area contributed by atoms with E-state index in [1.165, 1.54) is 25.3 Å².